The highest BCUT2D eigenvalue weighted by Gasteiger charge is 2.19. The van der Waals surface area contributed by atoms with Gasteiger partial charge in [-0.15, -0.1) is 0 Å². The predicted molar refractivity (Wildman–Crippen MR) is 109 cm³/mol. The third-order valence-electron chi connectivity index (χ3n) is 3.86. The van der Waals surface area contributed by atoms with Crippen LogP contribution in [0.25, 0.3) is 0 Å². The molecule has 144 valence electrons. The van der Waals surface area contributed by atoms with Crippen LogP contribution in [0.2, 0.25) is 5.02 Å². The van der Waals surface area contributed by atoms with Crippen molar-refractivity contribution < 1.29 is 13.2 Å². The predicted octanol–water partition coefficient (Wildman–Crippen LogP) is 3.05. The Morgan fingerprint density at radius 2 is 1.75 bits per heavy atom. The molecule has 1 amide bonds. The van der Waals surface area contributed by atoms with Crippen molar-refractivity contribution in [3.63, 3.8) is 0 Å². The average Bonchev–Trinajstić information content (AvgIpc) is 2.68. The van der Waals surface area contributed by atoms with Crippen molar-refractivity contribution in [3.8, 4) is 0 Å². The van der Waals surface area contributed by atoms with Crippen LogP contribution in [-0.4, -0.2) is 19.3 Å². The van der Waals surface area contributed by atoms with E-state index in [4.69, 9.17) is 17.3 Å². The van der Waals surface area contributed by atoms with Crippen molar-refractivity contribution in [2.24, 2.45) is 0 Å². The molecule has 3 aromatic rings. The third-order valence-corrected chi connectivity index (χ3v) is 5.55. The molecule has 1 aromatic heterocycles. The van der Waals surface area contributed by atoms with Crippen LogP contribution in [0, 0.1) is 0 Å². The molecule has 9 heteroatoms. The van der Waals surface area contributed by atoms with Crippen LogP contribution in [0.5, 0.6) is 0 Å². The number of nitrogens with one attached hydrogen (secondary N) is 2. The summed E-state index contributed by atoms with van der Waals surface area (Å²) in [5.41, 5.74) is 6.70. The number of pyridine rings is 1. The fourth-order valence-electron chi connectivity index (χ4n) is 2.53. The lowest BCUT2D eigenvalue weighted by Crippen LogP contribution is -2.25. The van der Waals surface area contributed by atoms with Crippen molar-refractivity contribution in [1.82, 2.24) is 10.3 Å². The average molecular weight is 417 g/mol. The molecule has 0 unspecified atom stereocenters. The van der Waals surface area contributed by atoms with Gasteiger partial charge in [0.05, 0.1) is 15.5 Å². The Kier molecular flexibility index (Phi) is 5.81. The number of benzene rings is 2. The minimum Gasteiger partial charge on any atom is -0.383 e. The lowest BCUT2D eigenvalue weighted by Gasteiger charge is -2.13. The van der Waals surface area contributed by atoms with E-state index in [1.165, 1.54) is 18.3 Å². The highest BCUT2D eigenvalue weighted by atomic mass is 35.5. The van der Waals surface area contributed by atoms with Crippen molar-refractivity contribution in [2.75, 3.05) is 10.5 Å². The zero-order valence-electron chi connectivity index (χ0n) is 14.6. The molecular formula is C19H17ClN4O3S. The maximum Gasteiger partial charge on any atom is 0.262 e. The topological polar surface area (TPSA) is 114 Å². The number of carbonyl (C=O) groups is 1. The summed E-state index contributed by atoms with van der Waals surface area (Å²) in [5, 5.41) is 2.92. The second kappa shape index (κ2) is 8.28. The lowest BCUT2D eigenvalue weighted by atomic mass is 10.2. The molecule has 2 aromatic carbocycles. The summed E-state index contributed by atoms with van der Waals surface area (Å²) in [5.74, 6) is -0.468. The Morgan fingerprint density at radius 3 is 2.50 bits per heavy atom. The molecule has 0 aliphatic rings. The number of carbonyl (C=O) groups excluding carboxylic acids is 1. The van der Waals surface area contributed by atoms with Gasteiger partial charge >= 0.3 is 0 Å². The zero-order chi connectivity index (χ0) is 20.1. The molecular weight excluding hydrogens is 400 g/mol. The number of nitrogens with zero attached hydrogens (tertiary/aromatic N) is 1. The van der Waals surface area contributed by atoms with Crippen molar-refractivity contribution in [3.05, 3.63) is 83.0 Å². The summed E-state index contributed by atoms with van der Waals surface area (Å²) in [6.07, 6.45) is 1.34. The third kappa shape index (κ3) is 4.59. The van der Waals surface area contributed by atoms with E-state index in [2.05, 4.69) is 15.0 Å². The lowest BCUT2D eigenvalue weighted by molar-refractivity contribution is 0.0951. The Balaban J connectivity index is 1.81. The standard InChI is InChI=1S/C19H17ClN4O3S/c20-14-10-16(18(21)22-12-14)19(25)23-11-13-6-4-5-9-17(13)28(26,27)24-15-7-2-1-3-8-15/h1-10,12,24H,11H2,(H2,21,22)(H,23,25). The molecule has 0 aliphatic heterocycles. The Labute approximate surface area is 167 Å². The van der Waals surface area contributed by atoms with Crippen molar-refractivity contribution in [1.29, 1.82) is 0 Å². The van der Waals surface area contributed by atoms with E-state index < -0.39 is 15.9 Å². The van der Waals surface area contributed by atoms with Crippen molar-refractivity contribution in [2.45, 2.75) is 11.4 Å². The summed E-state index contributed by atoms with van der Waals surface area (Å²) in [7, 11) is -3.83. The minimum atomic E-state index is -3.83. The fraction of sp³-hybridized carbons (Fsp3) is 0.0526. The van der Waals surface area contributed by atoms with E-state index >= 15 is 0 Å². The van der Waals surface area contributed by atoms with E-state index in [0.717, 1.165) is 0 Å². The van der Waals surface area contributed by atoms with Gasteiger partial charge < -0.3 is 11.1 Å². The van der Waals surface area contributed by atoms with Gasteiger partial charge in [-0.1, -0.05) is 48.0 Å². The van der Waals surface area contributed by atoms with Crippen LogP contribution in [0.15, 0.2) is 71.8 Å². The quantitative estimate of drug-likeness (QED) is 0.571. The van der Waals surface area contributed by atoms with Gasteiger partial charge in [0, 0.05) is 18.4 Å². The summed E-state index contributed by atoms with van der Waals surface area (Å²) >= 11 is 5.85. The number of hydrogen-bond acceptors (Lipinski definition) is 5. The first-order valence-corrected chi connectivity index (χ1v) is 10.1. The number of anilines is 2. The van der Waals surface area contributed by atoms with Gasteiger partial charge in [-0.25, -0.2) is 13.4 Å². The van der Waals surface area contributed by atoms with E-state index in [1.54, 1.807) is 48.5 Å². The highest BCUT2D eigenvalue weighted by molar-refractivity contribution is 7.92. The number of amides is 1. The van der Waals surface area contributed by atoms with E-state index in [9.17, 15) is 13.2 Å². The maximum absolute atomic E-state index is 12.8. The molecule has 4 N–H and O–H groups in total. The smallest absolute Gasteiger partial charge is 0.262 e. The Bertz CT molecular complexity index is 1110. The van der Waals surface area contributed by atoms with E-state index in [0.29, 0.717) is 11.3 Å². The molecule has 0 spiro atoms. The summed E-state index contributed by atoms with van der Waals surface area (Å²) < 4.78 is 28.1. The van der Waals surface area contributed by atoms with Gasteiger partial charge in [0.2, 0.25) is 0 Å². The maximum atomic E-state index is 12.8. The molecule has 0 saturated carbocycles. The fourth-order valence-corrected chi connectivity index (χ4v) is 3.99. The first-order chi connectivity index (χ1) is 13.4. The minimum absolute atomic E-state index is 0.0172. The van der Waals surface area contributed by atoms with Crippen molar-refractivity contribution >= 4 is 39.0 Å². The second-order valence-corrected chi connectivity index (χ2v) is 7.94. The summed E-state index contributed by atoms with van der Waals surface area (Å²) in [6.45, 7) is -0.0172. The number of sulfonamides is 1. The molecule has 0 bridgehead atoms. The van der Waals surface area contributed by atoms with Gasteiger partial charge in [0.25, 0.3) is 15.9 Å². The Morgan fingerprint density at radius 1 is 1.07 bits per heavy atom. The molecule has 7 nitrogen and oxygen atoms in total. The molecule has 28 heavy (non-hydrogen) atoms. The molecule has 3 rings (SSSR count). The van der Waals surface area contributed by atoms with Crippen LogP contribution in [0.3, 0.4) is 0 Å². The summed E-state index contributed by atoms with van der Waals surface area (Å²) in [6, 6.07) is 16.4. The van der Waals surface area contributed by atoms with Crippen LogP contribution in [0.4, 0.5) is 11.5 Å². The van der Waals surface area contributed by atoms with Crippen LogP contribution in [-0.2, 0) is 16.6 Å². The van der Waals surface area contributed by atoms with Gasteiger partial charge in [-0.3, -0.25) is 9.52 Å². The number of nitrogen functional groups attached to an aromatic ring is 1. The number of hydrogen-bond donors (Lipinski definition) is 3. The van der Waals surface area contributed by atoms with E-state index in [1.807, 2.05) is 0 Å². The molecule has 0 radical (unpaired) electrons. The van der Waals surface area contributed by atoms with E-state index in [-0.39, 0.29) is 27.8 Å². The molecule has 1 heterocycles. The van der Waals surface area contributed by atoms with Gasteiger partial charge in [0.15, 0.2) is 0 Å². The van der Waals surface area contributed by atoms with Gasteiger partial charge in [0.1, 0.15) is 5.82 Å². The zero-order valence-corrected chi connectivity index (χ0v) is 16.2. The van der Waals surface area contributed by atoms with Crippen LogP contribution < -0.4 is 15.8 Å². The monoisotopic (exact) mass is 416 g/mol. The van der Waals surface area contributed by atoms with Gasteiger partial charge in [-0.05, 0) is 29.8 Å². The normalized spacial score (nSPS) is 11.0. The second-order valence-electron chi connectivity index (χ2n) is 5.85. The molecule has 0 aliphatic carbocycles. The largest absolute Gasteiger partial charge is 0.383 e. The number of nitrogens with two attached hydrogens (primary N) is 1. The number of para-hydroxylation sites is 1. The molecule has 0 fully saturated rings. The molecule has 0 saturated heterocycles. The Hall–Kier alpha value is -3.10. The molecule has 0 atom stereocenters. The SMILES string of the molecule is Nc1ncc(Cl)cc1C(=O)NCc1ccccc1S(=O)(=O)Nc1ccccc1. The van der Waals surface area contributed by atoms with Crippen LogP contribution >= 0.6 is 11.6 Å². The number of rotatable bonds is 6. The first-order valence-electron chi connectivity index (χ1n) is 8.22. The van der Waals surface area contributed by atoms with Crippen LogP contribution in [0.1, 0.15) is 15.9 Å². The van der Waals surface area contributed by atoms with Gasteiger partial charge in [-0.2, -0.15) is 0 Å². The first kappa shape index (κ1) is 19.7. The highest BCUT2D eigenvalue weighted by Crippen LogP contribution is 2.20. The number of halogens is 1. The number of aromatic nitrogens is 1. The summed E-state index contributed by atoms with van der Waals surface area (Å²) in [4.78, 5) is 16.3.